The van der Waals surface area contributed by atoms with Crippen molar-refractivity contribution in [1.82, 2.24) is 19.6 Å². The second-order valence-electron chi connectivity index (χ2n) is 9.97. The Kier molecular flexibility index (Phi) is 7.63. The molecule has 0 N–H and O–H groups in total. The van der Waals surface area contributed by atoms with E-state index in [-0.39, 0.29) is 29.9 Å². The minimum absolute atomic E-state index is 0.0692. The molecule has 1 amide bonds. The van der Waals surface area contributed by atoms with E-state index >= 15 is 0 Å². The highest BCUT2D eigenvalue weighted by Crippen LogP contribution is 2.29. The molecular weight excluding hydrogens is 384 g/mol. The molecule has 0 aliphatic carbocycles. The van der Waals surface area contributed by atoms with E-state index < -0.39 is 0 Å². The fraction of sp³-hybridized carbons (Fsp3) is 0.909. The van der Waals surface area contributed by atoms with Crippen molar-refractivity contribution < 1.29 is 19.1 Å². The molecule has 30 heavy (non-hydrogen) atoms. The van der Waals surface area contributed by atoms with Crippen LogP contribution in [0.15, 0.2) is 0 Å². The van der Waals surface area contributed by atoms with E-state index in [0.29, 0.717) is 12.3 Å². The number of likely N-dealkylation sites (tertiary alicyclic amines) is 1. The Bertz CT molecular complexity index is 592. The van der Waals surface area contributed by atoms with Crippen molar-refractivity contribution in [3.8, 4) is 0 Å². The molecule has 0 aromatic heterocycles. The lowest BCUT2D eigenvalue weighted by molar-refractivity contribution is -0.141. The van der Waals surface area contributed by atoms with Crippen LogP contribution in [0.4, 0.5) is 4.79 Å². The third-order valence-electron chi connectivity index (χ3n) is 7.01. The van der Waals surface area contributed by atoms with Crippen molar-refractivity contribution in [3.63, 3.8) is 0 Å². The molecule has 0 aromatic rings. The van der Waals surface area contributed by atoms with Crippen LogP contribution in [-0.4, -0.2) is 109 Å². The van der Waals surface area contributed by atoms with E-state index in [1.807, 2.05) is 4.90 Å². The summed E-state index contributed by atoms with van der Waals surface area (Å²) in [5, 5.41) is 0. The van der Waals surface area contributed by atoms with Crippen LogP contribution in [0.2, 0.25) is 0 Å². The zero-order valence-electron chi connectivity index (χ0n) is 19.4. The van der Waals surface area contributed by atoms with Crippen LogP contribution < -0.4 is 0 Å². The normalized spacial score (nSPS) is 28.0. The molecule has 0 aromatic carbocycles. The van der Waals surface area contributed by atoms with Crippen molar-refractivity contribution in [1.29, 1.82) is 0 Å². The molecule has 3 aliphatic rings. The first kappa shape index (κ1) is 23.3. The fourth-order valence-electron chi connectivity index (χ4n) is 4.87. The third-order valence-corrected chi connectivity index (χ3v) is 7.01. The van der Waals surface area contributed by atoms with Crippen LogP contribution in [-0.2, 0) is 14.3 Å². The highest BCUT2D eigenvalue weighted by molar-refractivity contribution is 5.70. The molecule has 3 saturated heterocycles. The molecular formula is C22H40N4O4. The Morgan fingerprint density at radius 1 is 1.10 bits per heavy atom. The molecule has 0 bridgehead atoms. The molecule has 0 saturated carbocycles. The highest BCUT2D eigenvalue weighted by Gasteiger charge is 2.43. The van der Waals surface area contributed by atoms with Gasteiger partial charge in [0.1, 0.15) is 0 Å². The number of rotatable bonds is 6. The molecule has 8 heteroatoms. The molecule has 2 unspecified atom stereocenters. The number of esters is 1. The average molecular weight is 425 g/mol. The van der Waals surface area contributed by atoms with Crippen molar-refractivity contribution >= 4 is 12.1 Å². The minimum atomic E-state index is -0.171. The highest BCUT2D eigenvalue weighted by atomic mass is 16.6. The van der Waals surface area contributed by atoms with Crippen molar-refractivity contribution in [3.05, 3.63) is 0 Å². The zero-order valence-corrected chi connectivity index (χ0v) is 19.4. The van der Waals surface area contributed by atoms with E-state index in [1.165, 1.54) is 7.11 Å². The van der Waals surface area contributed by atoms with Gasteiger partial charge in [-0.1, -0.05) is 0 Å². The smallest absolute Gasteiger partial charge is 0.411 e. The van der Waals surface area contributed by atoms with Gasteiger partial charge >= 0.3 is 12.1 Å². The lowest BCUT2D eigenvalue weighted by atomic mass is 9.92. The minimum Gasteiger partial charge on any atom is -0.469 e. The Morgan fingerprint density at radius 2 is 1.73 bits per heavy atom. The van der Waals surface area contributed by atoms with Crippen LogP contribution in [0.3, 0.4) is 0 Å². The lowest BCUT2D eigenvalue weighted by Crippen LogP contribution is -2.54. The summed E-state index contributed by atoms with van der Waals surface area (Å²) in [6, 6.07) is 0.0692. The Labute approximate surface area is 181 Å². The second kappa shape index (κ2) is 9.83. The van der Waals surface area contributed by atoms with Crippen molar-refractivity contribution in [2.75, 3.05) is 59.5 Å². The maximum atomic E-state index is 12.6. The van der Waals surface area contributed by atoms with Crippen LogP contribution in [0.25, 0.3) is 0 Å². The Hall–Kier alpha value is -1.38. The van der Waals surface area contributed by atoms with Gasteiger partial charge in [-0.15, -0.1) is 0 Å². The molecule has 0 radical (unpaired) electrons. The number of methoxy groups -OCH3 is 1. The first-order valence-electron chi connectivity index (χ1n) is 11.4. The van der Waals surface area contributed by atoms with E-state index in [2.05, 4.69) is 42.4 Å². The van der Waals surface area contributed by atoms with E-state index in [9.17, 15) is 9.59 Å². The Morgan fingerprint density at radius 3 is 2.30 bits per heavy atom. The second-order valence-corrected chi connectivity index (χ2v) is 9.97. The van der Waals surface area contributed by atoms with Gasteiger partial charge in [0.05, 0.1) is 19.6 Å². The number of cyclic esters (lactones) is 1. The number of piperazine rings is 1. The van der Waals surface area contributed by atoms with Crippen LogP contribution >= 0.6 is 0 Å². The maximum absolute atomic E-state index is 12.6. The summed E-state index contributed by atoms with van der Waals surface area (Å²) in [7, 11) is 1.43. The van der Waals surface area contributed by atoms with Gasteiger partial charge in [0, 0.05) is 44.8 Å². The summed E-state index contributed by atoms with van der Waals surface area (Å²) in [4.78, 5) is 33.0. The van der Waals surface area contributed by atoms with Crippen LogP contribution in [0, 0.1) is 5.92 Å². The number of nitrogens with zero attached hydrogens (tertiary/aromatic N) is 4. The molecule has 3 aliphatic heterocycles. The summed E-state index contributed by atoms with van der Waals surface area (Å²) in [6.45, 7) is 16.1. The van der Waals surface area contributed by atoms with Gasteiger partial charge in [-0.2, -0.15) is 0 Å². The quantitative estimate of drug-likeness (QED) is 0.603. The summed E-state index contributed by atoms with van der Waals surface area (Å²) in [5.74, 6) is 0.382. The summed E-state index contributed by atoms with van der Waals surface area (Å²) in [5.41, 5.74) is 0.217. The van der Waals surface area contributed by atoms with E-state index in [0.717, 1.165) is 65.2 Å². The number of carbonyl (C=O) groups excluding carboxylic acids is 2. The fourth-order valence-corrected chi connectivity index (χ4v) is 4.87. The number of piperidine rings is 1. The zero-order chi connectivity index (χ0) is 21.9. The molecule has 3 fully saturated rings. The van der Waals surface area contributed by atoms with E-state index in [4.69, 9.17) is 9.47 Å². The van der Waals surface area contributed by atoms with Gasteiger partial charge in [-0.05, 0) is 59.5 Å². The number of ether oxygens (including phenoxy) is 2. The number of hydrogen-bond acceptors (Lipinski definition) is 7. The average Bonchev–Trinajstić information content (AvgIpc) is 3.00. The van der Waals surface area contributed by atoms with Crippen LogP contribution in [0.5, 0.6) is 0 Å². The van der Waals surface area contributed by atoms with Gasteiger partial charge in [-0.3, -0.25) is 14.6 Å². The summed E-state index contributed by atoms with van der Waals surface area (Å²) in [6.07, 6.45) is 2.36. The van der Waals surface area contributed by atoms with Gasteiger partial charge in [0.25, 0.3) is 0 Å². The SMILES string of the molecule is COC(=O)CCN1CCN(C2OC(=O)N(CC3CCN(C(C)(C)C)CC3)C2C)CC1. The molecule has 2 atom stereocenters. The lowest BCUT2D eigenvalue weighted by Gasteiger charge is -2.42. The third kappa shape index (κ3) is 5.65. The number of amides is 1. The predicted octanol–water partition coefficient (Wildman–Crippen LogP) is 1.84. The molecule has 3 heterocycles. The monoisotopic (exact) mass is 424 g/mol. The molecule has 0 spiro atoms. The number of hydrogen-bond donors (Lipinski definition) is 0. The number of carbonyl (C=O) groups is 2. The van der Waals surface area contributed by atoms with Gasteiger partial charge < -0.3 is 19.3 Å². The van der Waals surface area contributed by atoms with Crippen molar-refractivity contribution in [2.24, 2.45) is 5.92 Å². The molecule has 172 valence electrons. The van der Waals surface area contributed by atoms with Gasteiger partial charge in [0.2, 0.25) is 0 Å². The predicted molar refractivity (Wildman–Crippen MR) is 115 cm³/mol. The topological polar surface area (TPSA) is 65.6 Å². The van der Waals surface area contributed by atoms with Gasteiger partial charge in [0.15, 0.2) is 6.23 Å². The first-order valence-corrected chi connectivity index (χ1v) is 11.4. The molecule has 8 nitrogen and oxygen atoms in total. The summed E-state index contributed by atoms with van der Waals surface area (Å²) < 4.78 is 10.5. The first-order chi connectivity index (χ1) is 14.2. The standard InChI is InChI=1S/C22H40N4O4/c1-17-20(24-14-12-23(13-15-24)9-8-19(27)29-5)30-21(28)26(17)16-18-6-10-25(11-7-18)22(2,3)4/h17-18,20H,6-16H2,1-5H3. The Balaban J connectivity index is 1.45. The maximum Gasteiger partial charge on any atom is 0.411 e. The summed E-state index contributed by atoms with van der Waals surface area (Å²) >= 11 is 0. The van der Waals surface area contributed by atoms with Crippen LogP contribution in [0.1, 0.15) is 47.0 Å². The van der Waals surface area contributed by atoms with Gasteiger partial charge in [-0.25, -0.2) is 4.79 Å². The molecule has 3 rings (SSSR count). The van der Waals surface area contributed by atoms with Crippen molar-refractivity contribution in [2.45, 2.75) is 64.8 Å². The largest absolute Gasteiger partial charge is 0.469 e. The van der Waals surface area contributed by atoms with E-state index in [1.54, 1.807) is 0 Å².